The Kier molecular flexibility index (Phi) is 12.1. The van der Waals surface area contributed by atoms with Crippen LogP contribution in [0.1, 0.15) is 36.8 Å². The van der Waals surface area contributed by atoms with Crippen molar-refractivity contribution in [3.8, 4) is 11.5 Å². The van der Waals surface area contributed by atoms with Crippen LogP contribution in [0.15, 0.2) is 61.2 Å². The van der Waals surface area contributed by atoms with E-state index in [2.05, 4.69) is 11.3 Å². The van der Waals surface area contributed by atoms with Crippen LogP contribution in [0.25, 0.3) is 0 Å². The van der Waals surface area contributed by atoms with Crippen LogP contribution in [0.4, 0.5) is 0 Å². The molecule has 6 heteroatoms. The number of aromatic hydroxyl groups is 1. The first-order valence-corrected chi connectivity index (χ1v) is 9.83. The van der Waals surface area contributed by atoms with Gasteiger partial charge in [-0.3, -0.25) is 9.59 Å². The Labute approximate surface area is 177 Å². The summed E-state index contributed by atoms with van der Waals surface area (Å²) < 4.78 is 9.87. The van der Waals surface area contributed by atoms with Gasteiger partial charge in [0.2, 0.25) is 0 Å². The molecule has 0 unspecified atom stereocenters. The predicted molar refractivity (Wildman–Crippen MR) is 116 cm³/mol. The van der Waals surface area contributed by atoms with Gasteiger partial charge in [-0.25, -0.2) is 0 Å². The highest BCUT2D eigenvalue weighted by Gasteiger charge is 2.00. The van der Waals surface area contributed by atoms with Crippen LogP contribution < -0.4 is 4.74 Å². The highest BCUT2D eigenvalue weighted by molar-refractivity contribution is 5.69. The second kappa shape index (κ2) is 14.7. The number of aryl methyl sites for hydroxylation is 2. The predicted octanol–water partition coefficient (Wildman–Crippen LogP) is 4.55. The Balaban J connectivity index is 0.000000303. The summed E-state index contributed by atoms with van der Waals surface area (Å²) >= 11 is 0. The van der Waals surface area contributed by atoms with Crippen LogP contribution in [-0.4, -0.2) is 35.9 Å². The molecule has 30 heavy (non-hydrogen) atoms. The number of hydrogen-bond acceptors (Lipinski definition) is 5. The Morgan fingerprint density at radius 3 is 1.97 bits per heavy atom. The second-order valence-electron chi connectivity index (χ2n) is 6.59. The molecule has 0 radical (unpaired) electrons. The number of aliphatic carboxylic acids is 1. The van der Waals surface area contributed by atoms with E-state index in [1.165, 1.54) is 7.11 Å². The van der Waals surface area contributed by atoms with Crippen molar-refractivity contribution in [3.63, 3.8) is 0 Å². The molecule has 0 spiro atoms. The number of hydrogen-bond donors (Lipinski definition) is 2. The number of benzene rings is 2. The number of carboxylic acids is 1. The van der Waals surface area contributed by atoms with Crippen molar-refractivity contribution < 1.29 is 29.3 Å². The third-order valence-electron chi connectivity index (χ3n) is 4.16. The zero-order chi connectivity index (χ0) is 22.2. The number of phenols is 1. The molecule has 0 heterocycles. The maximum absolute atomic E-state index is 10.8. The van der Waals surface area contributed by atoms with E-state index in [4.69, 9.17) is 14.9 Å². The van der Waals surface area contributed by atoms with Crippen molar-refractivity contribution >= 4 is 11.9 Å². The molecular weight excluding hydrogens is 384 g/mol. The first-order valence-electron chi connectivity index (χ1n) is 9.83. The van der Waals surface area contributed by atoms with Gasteiger partial charge in [0.05, 0.1) is 7.11 Å². The van der Waals surface area contributed by atoms with Gasteiger partial charge in [-0.05, 0) is 61.1 Å². The molecule has 0 saturated heterocycles. The van der Waals surface area contributed by atoms with Crippen molar-refractivity contribution in [2.75, 3.05) is 13.7 Å². The van der Waals surface area contributed by atoms with E-state index in [-0.39, 0.29) is 18.1 Å². The number of phenolic OH excluding ortho intramolecular Hbond substituents is 1. The summed E-state index contributed by atoms with van der Waals surface area (Å²) in [6.45, 7) is 4.07. The average molecular weight is 414 g/mol. The molecule has 0 fully saturated rings. The van der Waals surface area contributed by atoms with Gasteiger partial charge in [-0.1, -0.05) is 36.9 Å². The highest BCUT2D eigenvalue weighted by Crippen LogP contribution is 2.14. The van der Waals surface area contributed by atoms with Crippen LogP contribution in [0.3, 0.4) is 0 Å². The van der Waals surface area contributed by atoms with E-state index in [0.29, 0.717) is 19.4 Å². The van der Waals surface area contributed by atoms with E-state index in [1.54, 1.807) is 18.2 Å². The van der Waals surface area contributed by atoms with Crippen LogP contribution in [-0.2, 0) is 27.2 Å². The van der Waals surface area contributed by atoms with Crippen molar-refractivity contribution in [3.05, 3.63) is 72.3 Å². The van der Waals surface area contributed by atoms with E-state index < -0.39 is 5.97 Å². The Bertz CT molecular complexity index is 765. The van der Waals surface area contributed by atoms with Crippen molar-refractivity contribution in [1.29, 1.82) is 0 Å². The van der Waals surface area contributed by atoms with Crippen LogP contribution >= 0.6 is 0 Å². The molecule has 0 aliphatic carbocycles. The van der Waals surface area contributed by atoms with Crippen molar-refractivity contribution in [2.45, 2.75) is 38.5 Å². The SMILES string of the molecule is C=CCOc1ccc(CCCC(=O)O)cc1.COC(=O)CCCc1ccc(O)cc1. The number of carbonyl (C=O) groups excluding carboxylic acids is 1. The molecule has 2 aromatic carbocycles. The van der Waals surface area contributed by atoms with Gasteiger partial charge >= 0.3 is 11.9 Å². The zero-order valence-electron chi connectivity index (χ0n) is 17.4. The van der Waals surface area contributed by atoms with E-state index in [1.807, 2.05) is 36.4 Å². The van der Waals surface area contributed by atoms with Crippen LogP contribution in [0.2, 0.25) is 0 Å². The standard InChI is InChI=1S/C13H16O3.C11H14O3/c1-2-10-16-12-8-6-11(7-9-12)4-3-5-13(14)15;1-14-11(13)4-2-3-9-5-7-10(12)8-6-9/h2,6-9H,1,3-5,10H2,(H,14,15);5-8,12H,2-4H2,1H3. The smallest absolute Gasteiger partial charge is 0.305 e. The van der Waals surface area contributed by atoms with Gasteiger partial charge in [0.25, 0.3) is 0 Å². The summed E-state index contributed by atoms with van der Waals surface area (Å²) in [5, 5.41) is 17.5. The lowest BCUT2D eigenvalue weighted by Crippen LogP contribution is -2.00. The Hall–Kier alpha value is -3.28. The normalized spacial score (nSPS) is 9.77. The second-order valence-corrected chi connectivity index (χ2v) is 6.59. The van der Waals surface area contributed by atoms with Crippen molar-refractivity contribution in [2.24, 2.45) is 0 Å². The molecule has 0 aliphatic heterocycles. The monoisotopic (exact) mass is 414 g/mol. The lowest BCUT2D eigenvalue weighted by molar-refractivity contribution is -0.140. The fourth-order valence-electron chi connectivity index (χ4n) is 2.55. The van der Waals surface area contributed by atoms with Gasteiger partial charge in [0.1, 0.15) is 18.1 Å². The number of methoxy groups -OCH3 is 1. The summed E-state index contributed by atoms with van der Waals surface area (Å²) in [6.07, 6.45) is 5.41. The largest absolute Gasteiger partial charge is 0.508 e. The minimum atomic E-state index is -0.745. The molecule has 6 nitrogen and oxygen atoms in total. The van der Waals surface area contributed by atoms with Gasteiger partial charge in [0, 0.05) is 12.8 Å². The van der Waals surface area contributed by atoms with E-state index >= 15 is 0 Å². The van der Waals surface area contributed by atoms with Gasteiger partial charge in [-0.15, -0.1) is 0 Å². The maximum Gasteiger partial charge on any atom is 0.305 e. The third kappa shape index (κ3) is 11.5. The molecule has 2 N–H and O–H groups in total. The molecule has 162 valence electrons. The molecule has 0 bridgehead atoms. The quantitative estimate of drug-likeness (QED) is 0.414. The molecule has 0 atom stereocenters. The van der Waals surface area contributed by atoms with Crippen molar-refractivity contribution in [1.82, 2.24) is 0 Å². The van der Waals surface area contributed by atoms with E-state index in [9.17, 15) is 9.59 Å². The minimum absolute atomic E-state index is 0.177. The lowest BCUT2D eigenvalue weighted by atomic mass is 10.1. The zero-order valence-corrected chi connectivity index (χ0v) is 17.4. The number of rotatable bonds is 11. The molecule has 0 aliphatic rings. The number of ether oxygens (including phenoxy) is 2. The first-order chi connectivity index (χ1) is 14.4. The van der Waals surface area contributed by atoms with E-state index in [0.717, 1.165) is 36.1 Å². The molecule has 2 aromatic rings. The summed E-state index contributed by atoms with van der Waals surface area (Å²) in [4.78, 5) is 21.1. The highest BCUT2D eigenvalue weighted by atomic mass is 16.5. The fraction of sp³-hybridized carbons (Fsp3) is 0.333. The minimum Gasteiger partial charge on any atom is -0.508 e. The lowest BCUT2D eigenvalue weighted by Gasteiger charge is -2.04. The third-order valence-corrected chi connectivity index (χ3v) is 4.16. The number of esters is 1. The van der Waals surface area contributed by atoms with Crippen LogP contribution in [0.5, 0.6) is 11.5 Å². The molecular formula is C24H30O6. The Morgan fingerprint density at radius 2 is 1.47 bits per heavy atom. The van der Waals surface area contributed by atoms with Gasteiger partial charge in [-0.2, -0.15) is 0 Å². The molecule has 0 amide bonds. The summed E-state index contributed by atoms with van der Waals surface area (Å²) in [6, 6.07) is 14.7. The molecule has 0 aromatic heterocycles. The molecule has 0 saturated carbocycles. The fourth-order valence-corrected chi connectivity index (χ4v) is 2.55. The average Bonchev–Trinajstić information content (AvgIpc) is 2.74. The van der Waals surface area contributed by atoms with Gasteiger partial charge < -0.3 is 19.7 Å². The summed E-state index contributed by atoms with van der Waals surface area (Å²) in [5.74, 6) is 0.151. The number of carbonyl (C=O) groups is 2. The van der Waals surface area contributed by atoms with Gasteiger partial charge in [0.15, 0.2) is 0 Å². The summed E-state index contributed by atoms with van der Waals surface area (Å²) in [7, 11) is 1.39. The summed E-state index contributed by atoms with van der Waals surface area (Å²) in [5.41, 5.74) is 2.25. The molecule has 2 rings (SSSR count). The number of carboxylic acid groups (broad SMARTS) is 1. The maximum atomic E-state index is 10.8. The Morgan fingerprint density at radius 1 is 0.933 bits per heavy atom. The topological polar surface area (TPSA) is 93.1 Å². The first kappa shape index (κ1) is 24.8. The van der Waals surface area contributed by atoms with Crippen LogP contribution in [0, 0.1) is 0 Å².